The molecule has 1 aliphatic rings. The van der Waals surface area contributed by atoms with Crippen LogP contribution in [0.15, 0.2) is 0 Å². The van der Waals surface area contributed by atoms with E-state index in [2.05, 4.69) is 18.7 Å². The van der Waals surface area contributed by atoms with E-state index in [4.69, 9.17) is 0 Å². The molecule has 1 fully saturated rings. The van der Waals surface area contributed by atoms with Crippen LogP contribution in [0, 0.1) is 0 Å². The Morgan fingerprint density at radius 2 is 2.44 bits per heavy atom. The fraction of sp³-hybridized carbons (Fsp3) is 1.00. The van der Waals surface area contributed by atoms with Gasteiger partial charge in [-0.3, -0.25) is 0 Å². The molecule has 1 atom stereocenters. The van der Waals surface area contributed by atoms with Crippen molar-refractivity contribution in [3.8, 4) is 0 Å². The summed E-state index contributed by atoms with van der Waals surface area (Å²) >= 11 is 0.577. The molecule has 0 aromatic heterocycles. The maximum atomic E-state index is 2.56. The van der Waals surface area contributed by atoms with Crippen LogP contribution < -0.4 is 21.2 Å². The van der Waals surface area contributed by atoms with Crippen LogP contribution in [0.5, 0.6) is 0 Å². The number of rotatable bonds is 1. The van der Waals surface area contributed by atoms with Crippen molar-refractivity contribution in [3.63, 3.8) is 0 Å². The molecule has 0 aromatic carbocycles. The van der Waals surface area contributed by atoms with Crippen molar-refractivity contribution in [1.82, 2.24) is 4.90 Å². The van der Waals surface area contributed by atoms with E-state index in [9.17, 15) is 0 Å². The fourth-order valence-electron chi connectivity index (χ4n) is 1.14. The Morgan fingerprint density at radius 1 is 1.67 bits per heavy atom. The Morgan fingerprint density at radius 3 is 2.89 bits per heavy atom. The second-order valence-electron chi connectivity index (χ2n) is 2.52. The summed E-state index contributed by atoms with van der Waals surface area (Å²) in [5.74, 6) is 0. The first-order valence-electron chi connectivity index (χ1n) is 3.63. The van der Waals surface area contributed by atoms with Crippen LogP contribution in [0.1, 0.15) is 13.8 Å². The third-order valence-corrected chi connectivity index (χ3v) is 4.73. The third-order valence-electron chi connectivity index (χ3n) is 1.73. The van der Waals surface area contributed by atoms with Crippen molar-refractivity contribution >= 4 is 0 Å². The average molecular weight is 240 g/mol. The first-order chi connectivity index (χ1) is 4.33. The zero-order valence-electron chi connectivity index (χ0n) is 6.23. The summed E-state index contributed by atoms with van der Waals surface area (Å²) in [5, 5.41) is 0. The van der Waals surface area contributed by atoms with Crippen LogP contribution in [-0.4, -0.2) is 32.9 Å². The normalized spacial score (nSPS) is 31.6. The van der Waals surface area contributed by atoms with Gasteiger partial charge in [0.05, 0.1) is 0 Å². The van der Waals surface area contributed by atoms with Gasteiger partial charge in [-0.1, -0.05) is 0 Å². The van der Waals surface area contributed by atoms with E-state index in [1.54, 1.807) is 0 Å². The molecule has 0 spiro atoms. The SMILES string of the molecule is CCN1CC[I-]C(C)C1. The summed E-state index contributed by atoms with van der Waals surface area (Å²) in [7, 11) is 0. The van der Waals surface area contributed by atoms with Gasteiger partial charge in [-0.2, -0.15) is 0 Å². The van der Waals surface area contributed by atoms with E-state index >= 15 is 0 Å². The topological polar surface area (TPSA) is 3.24 Å². The first kappa shape index (κ1) is 7.79. The van der Waals surface area contributed by atoms with Gasteiger partial charge >= 0.3 is 67.9 Å². The molecular weight excluding hydrogens is 225 g/mol. The Kier molecular flexibility index (Phi) is 3.26. The minimum absolute atomic E-state index is 0.577. The van der Waals surface area contributed by atoms with Gasteiger partial charge in [-0.15, -0.1) is 0 Å². The monoisotopic (exact) mass is 240 g/mol. The Balaban J connectivity index is 2.23. The second kappa shape index (κ2) is 3.76. The molecular formula is C7H15IN-. The van der Waals surface area contributed by atoms with Crippen LogP contribution in [-0.2, 0) is 0 Å². The van der Waals surface area contributed by atoms with Crippen molar-refractivity contribution in [1.29, 1.82) is 0 Å². The molecule has 0 aliphatic carbocycles. The summed E-state index contributed by atoms with van der Waals surface area (Å²) in [5.41, 5.74) is 0. The van der Waals surface area contributed by atoms with Gasteiger partial charge in [0.15, 0.2) is 0 Å². The molecule has 1 saturated heterocycles. The van der Waals surface area contributed by atoms with Crippen LogP contribution in [0.4, 0.5) is 0 Å². The maximum absolute atomic E-state index is 2.56. The Bertz CT molecular complexity index is 85.0. The molecule has 1 rings (SSSR count). The zero-order chi connectivity index (χ0) is 6.69. The van der Waals surface area contributed by atoms with Gasteiger partial charge in [0.2, 0.25) is 0 Å². The van der Waals surface area contributed by atoms with E-state index in [1.165, 1.54) is 24.1 Å². The van der Waals surface area contributed by atoms with Gasteiger partial charge in [0.25, 0.3) is 0 Å². The van der Waals surface area contributed by atoms with Crippen molar-refractivity contribution in [2.75, 3.05) is 24.1 Å². The molecule has 0 aromatic rings. The molecule has 0 bridgehead atoms. The third kappa shape index (κ3) is 2.42. The van der Waals surface area contributed by atoms with Crippen molar-refractivity contribution < 1.29 is 21.2 Å². The summed E-state index contributed by atoms with van der Waals surface area (Å²) in [6, 6.07) is 0. The van der Waals surface area contributed by atoms with Crippen molar-refractivity contribution in [2.24, 2.45) is 0 Å². The van der Waals surface area contributed by atoms with Gasteiger partial charge in [-0.25, -0.2) is 0 Å². The van der Waals surface area contributed by atoms with E-state index in [-0.39, 0.29) is 0 Å². The van der Waals surface area contributed by atoms with E-state index in [0.717, 1.165) is 3.92 Å². The molecule has 0 amide bonds. The fourth-order valence-corrected chi connectivity index (χ4v) is 4.00. The summed E-state index contributed by atoms with van der Waals surface area (Å²) in [6.45, 7) is 8.68. The molecule has 1 aliphatic heterocycles. The average Bonchev–Trinajstić information content (AvgIpc) is 1.88. The summed E-state index contributed by atoms with van der Waals surface area (Å²) < 4.78 is 2.57. The summed E-state index contributed by atoms with van der Waals surface area (Å²) in [6.07, 6.45) is 0. The predicted octanol–water partition coefficient (Wildman–Crippen LogP) is -2.20. The number of alkyl halides is 2. The molecule has 2 heteroatoms. The van der Waals surface area contributed by atoms with Crippen LogP contribution >= 0.6 is 0 Å². The van der Waals surface area contributed by atoms with Crippen molar-refractivity contribution in [2.45, 2.75) is 17.8 Å². The summed E-state index contributed by atoms with van der Waals surface area (Å²) in [4.78, 5) is 2.56. The van der Waals surface area contributed by atoms with E-state index < -0.39 is 0 Å². The molecule has 0 radical (unpaired) electrons. The standard InChI is InChI=1S/C7H15IN/c1-3-9-5-4-8-7(2)6-9/h7H,3-6H2,1-2H3/q-1. The van der Waals surface area contributed by atoms with E-state index in [0.29, 0.717) is 21.2 Å². The quantitative estimate of drug-likeness (QED) is 0.371. The first-order valence-corrected chi connectivity index (χ1v) is 6.40. The molecule has 1 nitrogen and oxygen atoms in total. The molecule has 0 saturated carbocycles. The van der Waals surface area contributed by atoms with Crippen molar-refractivity contribution in [3.05, 3.63) is 0 Å². The molecule has 56 valence electrons. The predicted molar refractivity (Wildman–Crippen MR) is 36.4 cm³/mol. The van der Waals surface area contributed by atoms with Gasteiger partial charge in [-0.05, 0) is 0 Å². The number of hydrogen-bond donors (Lipinski definition) is 0. The Hall–Kier alpha value is 0.690. The minimum atomic E-state index is 0.577. The molecule has 0 N–H and O–H groups in total. The van der Waals surface area contributed by atoms with Crippen LogP contribution in [0.2, 0.25) is 0 Å². The molecule has 9 heavy (non-hydrogen) atoms. The van der Waals surface area contributed by atoms with E-state index in [1.807, 2.05) is 0 Å². The second-order valence-corrected chi connectivity index (χ2v) is 6.60. The van der Waals surface area contributed by atoms with Crippen LogP contribution in [0.3, 0.4) is 0 Å². The molecule has 1 unspecified atom stereocenters. The zero-order valence-corrected chi connectivity index (χ0v) is 8.39. The number of hydrogen-bond acceptors (Lipinski definition) is 1. The number of halogens is 1. The Labute approximate surface area is 68.1 Å². The van der Waals surface area contributed by atoms with Gasteiger partial charge in [0.1, 0.15) is 0 Å². The van der Waals surface area contributed by atoms with Gasteiger partial charge in [0, 0.05) is 0 Å². The molecule has 1 heterocycles. The van der Waals surface area contributed by atoms with Gasteiger partial charge < -0.3 is 0 Å². The van der Waals surface area contributed by atoms with Crippen LogP contribution in [0.25, 0.3) is 0 Å². The number of nitrogens with zero attached hydrogens (tertiary/aromatic N) is 1.